The summed E-state index contributed by atoms with van der Waals surface area (Å²) >= 11 is -3.31. The Morgan fingerprint density at radius 2 is 1.10 bits per heavy atom. The van der Waals surface area contributed by atoms with Crippen molar-refractivity contribution in [2.45, 2.75) is 39.3 Å². The molecule has 0 saturated carbocycles. The van der Waals surface area contributed by atoms with Crippen molar-refractivity contribution in [2.24, 2.45) is 0 Å². The van der Waals surface area contributed by atoms with Gasteiger partial charge in [0.2, 0.25) is 0 Å². The first-order valence-corrected chi connectivity index (χ1v) is 18.0. The van der Waals surface area contributed by atoms with Gasteiger partial charge in [0, 0.05) is 0 Å². The monoisotopic (exact) mass is 380 g/mol. The molecule has 20 heavy (non-hydrogen) atoms. The average molecular weight is 379 g/mol. The molecule has 0 spiro atoms. The average Bonchev–Trinajstić information content (AvgIpc) is 2.14. The van der Waals surface area contributed by atoms with Crippen LogP contribution < -0.4 is 0 Å². The van der Waals surface area contributed by atoms with E-state index in [1.807, 2.05) is 0 Å². The van der Waals surface area contributed by atoms with Crippen LogP contribution in [0.5, 0.6) is 0 Å². The van der Waals surface area contributed by atoms with Crippen molar-refractivity contribution in [2.75, 3.05) is 39.5 Å². The minimum atomic E-state index is -3.31. The summed E-state index contributed by atoms with van der Waals surface area (Å²) in [6, 6.07) is 0. The fraction of sp³-hybridized carbons (Fsp3) is 1.00. The zero-order valence-corrected chi connectivity index (χ0v) is 18.0. The Balaban J connectivity index is 2.36. The molecule has 3 fully saturated rings. The van der Waals surface area contributed by atoms with Gasteiger partial charge in [-0.05, 0) is 0 Å². The summed E-state index contributed by atoms with van der Waals surface area (Å²) in [5, 5.41) is 0. The van der Waals surface area contributed by atoms with Gasteiger partial charge in [0.1, 0.15) is 0 Å². The van der Waals surface area contributed by atoms with Gasteiger partial charge >= 0.3 is 129 Å². The first-order chi connectivity index (χ1) is 9.15. The van der Waals surface area contributed by atoms with Gasteiger partial charge in [-0.15, -0.1) is 0 Å². The van der Waals surface area contributed by atoms with E-state index < -0.39 is 31.0 Å². The molecule has 0 radical (unpaired) electrons. The van der Waals surface area contributed by atoms with Crippen molar-refractivity contribution in [1.82, 2.24) is 8.09 Å². The molecule has 8 heteroatoms. The second-order valence-corrected chi connectivity index (χ2v) is 24.4. The molecular formula is C12H30GeN2O3Si2. The van der Waals surface area contributed by atoms with E-state index in [1.165, 1.54) is 0 Å². The van der Waals surface area contributed by atoms with Gasteiger partial charge in [-0.25, -0.2) is 0 Å². The number of rotatable bonds is 3. The van der Waals surface area contributed by atoms with E-state index in [-0.39, 0.29) is 0 Å². The molecular weight excluding hydrogens is 349 g/mol. The Kier molecular flexibility index (Phi) is 5.24. The summed E-state index contributed by atoms with van der Waals surface area (Å²) in [6.07, 6.45) is 0. The van der Waals surface area contributed by atoms with Crippen LogP contribution in [0.25, 0.3) is 0 Å². The molecule has 0 aromatic rings. The van der Waals surface area contributed by atoms with Crippen LogP contribution >= 0.6 is 0 Å². The third kappa shape index (κ3) is 3.75. The molecule has 0 unspecified atom stereocenters. The normalized spacial score (nSPS) is 32.9. The summed E-state index contributed by atoms with van der Waals surface area (Å²) < 4.78 is 21.7. The number of hydrogen-bond acceptors (Lipinski definition) is 5. The van der Waals surface area contributed by atoms with E-state index in [0.717, 1.165) is 39.5 Å². The van der Waals surface area contributed by atoms with E-state index in [4.69, 9.17) is 11.3 Å². The molecule has 0 N–H and O–H groups in total. The molecule has 3 heterocycles. The third-order valence-corrected chi connectivity index (χ3v) is 26.4. The van der Waals surface area contributed by atoms with Gasteiger partial charge in [-0.1, -0.05) is 0 Å². The Labute approximate surface area is 129 Å². The van der Waals surface area contributed by atoms with Gasteiger partial charge in [-0.2, -0.15) is 0 Å². The van der Waals surface area contributed by atoms with Crippen molar-refractivity contribution >= 4 is 31.0 Å². The van der Waals surface area contributed by atoms with Crippen LogP contribution in [0.2, 0.25) is 39.3 Å². The first kappa shape index (κ1) is 17.1. The second kappa shape index (κ2) is 6.11. The molecule has 3 aliphatic heterocycles. The van der Waals surface area contributed by atoms with Crippen molar-refractivity contribution in [1.29, 1.82) is 0 Å². The topological polar surface area (TPSA) is 34.2 Å². The van der Waals surface area contributed by atoms with Gasteiger partial charge in [0.25, 0.3) is 0 Å². The van der Waals surface area contributed by atoms with Crippen LogP contribution in [0.3, 0.4) is 0 Å². The molecule has 0 aliphatic carbocycles. The van der Waals surface area contributed by atoms with E-state index >= 15 is 0 Å². The number of nitrogens with zero attached hydrogens (tertiary/aromatic N) is 2. The fourth-order valence-electron chi connectivity index (χ4n) is 3.39. The van der Waals surface area contributed by atoms with E-state index in [0.29, 0.717) is 0 Å². The van der Waals surface area contributed by atoms with E-state index in [1.54, 1.807) is 0 Å². The zero-order valence-electron chi connectivity index (χ0n) is 13.9. The Bertz CT molecular complexity index is 306. The van der Waals surface area contributed by atoms with Crippen LogP contribution in [-0.2, 0) is 11.3 Å². The molecule has 3 saturated heterocycles. The van der Waals surface area contributed by atoms with Crippen LogP contribution in [0.15, 0.2) is 0 Å². The first-order valence-electron chi connectivity index (χ1n) is 7.60. The quantitative estimate of drug-likeness (QED) is 0.699. The van der Waals surface area contributed by atoms with Crippen LogP contribution in [0.1, 0.15) is 0 Å². The van der Waals surface area contributed by atoms with Crippen molar-refractivity contribution < 1.29 is 11.3 Å². The summed E-state index contributed by atoms with van der Waals surface area (Å²) in [6.45, 7) is 19.7. The Hall–Kier alpha value is 0.777. The van der Waals surface area contributed by atoms with Crippen molar-refractivity contribution in [3.63, 3.8) is 0 Å². The summed E-state index contributed by atoms with van der Waals surface area (Å²) in [5.41, 5.74) is 0. The van der Waals surface area contributed by atoms with Gasteiger partial charge in [0.05, 0.1) is 0 Å². The van der Waals surface area contributed by atoms with Gasteiger partial charge in [-0.3, -0.25) is 0 Å². The van der Waals surface area contributed by atoms with Gasteiger partial charge in [0.15, 0.2) is 0 Å². The molecule has 3 rings (SSSR count). The molecule has 5 nitrogen and oxygen atoms in total. The van der Waals surface area contributed by atoms with Crippen LogP contribution in [0.4, 0.5) is 0 Å². The zero-order chi connectivity index (χ0) is 15.0. The predicted octanol–water partition coefficient (Wildman–Crippen LogP) is 1.77. The number of fused-ring (bicyclic) bond motifs is 6. The van der Waals surface area contributed by atoms with E-state index in [9.17, 15) is 0 Å². The predicted molar refractivity (Wildman–Crippen MR) is 88.6 cm³/mol. The second-order valence-electron chi connectivity index (χ2n) is 7.59. The van der Waals surface area contributed by atoms with Crippen molar-refractivity contribution in [3.8, 4) is 0 Å². The van der Waals surface area contributed by atoms with Crippen molar-refractivity contribution in [3.05, 3.63) is 0 Å². The summed E-state index contributed by atoms with van der Waals surface area (Å²) in [4.78, 5) is 2.37. The van der Waals surface area contributed by atoms with Crippen LogP contribution in [-0.4, -0.2) is 78.5 Å². The maximum atomic E-state index is 6.35. The molecule has 0 aromatic heterocycles. The maximum absolute atomic E-state index is 6.35. The minimum absolute atomic E-state index is 0.755. The third-order valence-electron chi connectivity index (χ3n) is 3.69. The number of hydrogen-bond donors (Lipinski definition) is 0. The SMILES string of the molecule is C[Si](C)(C)[N]([Si](C)(C)C)[Ge]12[O]CCN(CC[O]1)CC[O]2. The summed E-state index contributed by atoms with van der Waals surface area (Å²) in [7, 11) is -3.10. The molecule has 0 aromatic carbocycles. The molecule has 0 amide bonds. The molecule has 118 valence electrons. The standard InChI is InChI=1S/C12H30GeN2O3Si2/c1-19(2,3)15(20(4,5)6)13-16-10-7-14(8-11-17-13)9-12-18-13/h7-12H2,1-6H3. The Morgan fingerprint density at radius 3 is 1.40 bits per heavy atom. The summed E-state index contributed by atoms with van der Waals surface area (Å²) in [5.74, 6) is 0. The Morgan fingerprint density at radius 1 is 0.750 bits per heavy atom. The fourth-order valence-corrected chi connectivity index (χ4v) is 29.0. The van der Waals surface area contributed by atoms with Crippen LogP contribution in [0, 0.1) is 0 Å². The molecule has 0 atom stereocenters. The molecule has 2 bridgehead atoms. The molecule has 3 aliphatic rings. The van der Waals surface area contributed by atoms with E-state index in [2.05, 4.69) is 47.4 Å². The van der Waals surface area contributed by atoms with Gasteiger partial charge < -0.3 is 0 Å².